The highest BCUT2D eigenvalue weighted by Gasteiger charge is 2.57. The fourth-order valence-electron chi connectivity index (χ4n) is 4.97. The number of rotatable bonds is 5. The molecule has 3 aromatic rings. The Bertz CT molecular complexity index is 1340. The van der Waals surface area contributed by atoms with Gasteiger partial charge in [-0.2, -0.15) is 12.7 Å². The lowest BCUT2D eigenvalue weighted by Gasteiger charge is -2.41. The number of amides is 1. The van der Waals surface area contributed by atoms with Gasteiger partial charge in [-0.15, -0.1) is 0 Å². The fourth-order valence-corrected chi connectivity index (χ4v) is 6.26. The Morgan fingerprint density at radius 2 is 1.51 bits per heavy atom. The third kappa shape index (κ3) is 3.96. The second-order valence-electron chi connectivity index (χ2n) is 8.60. The monoisotopic (exact) mass is 493 g/mol. The van der Waals surface area contributed by atoms with Gasteiger partial charge in [0.2, 0.25) is 0 Å². The summed E-state index contributed by atoms with van der Waals surface area (Å²) in [5.41, 5.74) is 2.44. The number of fused-ring (bicyclic) bond motifs is 3. The van der Waals surface area contributed by atoms with E-state index >= 15 is 0 Å². The summed E-state index contributed by atoms with van der Waals surface area (Å²) in [6.45, 7) is -0.505. The van der Waals surface area contributed by atoms with Crippen molar-refractivity contribution < 1.29 is 32.0 Å². The van der Waals surface area contributed by atoms with E-state index in [1.807, 2.05) is 48.5 Å². The maximum Gasteiger partial charge on any atom is 0.426 e. The number of aliphatic carboxylic acids is 1. The van der Waals surface area contributed by atoms with Crippen LogP contribution in [0.3, 0.4) is 0 Å². The highest BCUT2D eigenvalue weighted by atomic mass is 32.2. The summed E-state index contributed by atoms with van der Waals surface area (Å²) < 4.78 is 36.4. The van der Waals surface area contributed by atoms with E-state index in [-0.39, 0.29) is 36.3 Å². The Morgan fingerprint density at radius 1 is 0.943 bits per heavy atom. The zero-order chi connectivity index (χ0) is 24.6. The van der Waals surface area contributed by atoms with Crippen molar-refractivity contribution >= 4 is 22.4 Å². The van der Waals surface area contributed by atoms with Crippen LogP contribution in [0.1, 0.15) is 29.0 Å². The molecule has 2 aliphatic rings. The third-order valence-corrected chi connectivity index (χ3v) is 8.01. The Labute approximate surface area is 203 Å². The van der Waals surface area contributed by atoms with Crippen molar-refractivity contribution in [2.24, 2.45) is 0 Å². The number of carboxylic acid groups (broad SMARTS) is 1. The van der Waals surface area contributed by atoms with Gasteiger partial charge in [-0.1, -0.05) is 78.9 Å². The molecule has 0 saturated carbocycles. The first-order valence-electron chi connectivity index (χ1n) is 11.2. The predicted octanol–water partition coefficient (Wildman–Crippen LogP) is 3.97. The number of carbonyl (C=O) groups is 2. The zero-order valence-electron chi connectivity index (χ0n) is 18.7. The molecule has 1 amide bonds. The summed E-state index contributed by atoms with van der Waals surface area (Å²) >= 11 is 0. The fraction of sp³-hybridized carbons (Fsp3) is 0.231. The molecule has 1 aliphatic heterocycles. The van der Waals surface area contributed by atoms with Crippen molar-refractivity contribution in [3.63, 3.8) is 0 Å². The van der Waals surface area contributed by atoms with Gasteiger partial charge in [0.25, 0.3) is 0 Å². The van der Waals surface area contributed by atoms with Crippen LogP contribution in [0.5, 0.6) is 0 Å². The van der Waals surface area contributed by atoms with E-state index in [9.17, 15) is 23.1 Å². The molecule has 1 aliphatic carbocycles. The molecule has 1 atom stereocenters. The maximum atomic E-state index is 13.3. The minimum atomic E-state index is -4.68. The molecule has 1 fully saturated rings. The highest BCUT2D eigenvalue weighted by Crippen LogP contribution is 2.45. The van der Waals surface area contributed by atoms with Gasteiger partial charge >= 0.3 is 22.4 Å². The number of carbonyl (C=O) groups excluding carboxylic acids is 1. The molecular formula is C26H23NO7S. The van der Waals surface area contributed by atoms with Crippen LogP contribution < -0.4 is 0 Å². The van der Waals surface area contributed by atoms with E-state index in [1.54, 1.807) is 30.3 Å². The molecule has 0 spiro atoms. The Morgan fingerprint density at radius 3 is 2.11 bits per heavy atom. The third-order valence-electron chi connectivity index (χ3n) is 6.60. The van der Waals surface area contributed by atoms with Crippen LogP contribution in [0.15, 0.2) is 78.9 Å². The SMILES string of the molecule is O=C(OCC1c2ccccc2-c2ccccc21)N1C(Cc2ccccc2)(C(=O)O)CCOS1(=O)=O. The van der Waals surface area contributed by atoms with Gasteiger partial charge in [-0.05, 0) is 27.8 Å². The lowest BCUT2D eigenvalue weighted by Crippen LogP contribution is -2.64. The van der Waals surface area contributed by atoms with Gasteiger partial charge in [0.15, 0.2) is 5.54 Å². The van der Waals surface area contributed by atoms with Gasteiger partial charge in [0.1, 0.15) is 6.61 Å². The lowest BCUT2D eigenvalue weighted by atomic mass is 9.87. The quantitative estimate of drug-likeness (QED) is 0.573. The average Bonchev–Trinajstić information content (AvgIpc) is 3.16. The lowest BCUT2D eigenvalue weighted by molar-refractivity contribution is -0.150. The van der Waals surface area contributed by atoms with Gasteiger partial charge in [0, 0.05) is 18.8 Å². The standard InChI is InChI=1S/C26H23NO7S/c28-24(29)26(16-18-8-2-1-3-9-18)14-15-34-35(31,32)27(26)25(30)33-17-23-21-12-6-4-10-19(21)20-11-5-7-13-22(20)23/h1-13,23H,14-17H2,(H,28,29). The molecule has 1 heterocycles. The Hall–Kier alpha value is -3.69. The first-order valence-corrected chi connectivity index (χ1v) is 12.5. The van der Waals surface area contributed by atoms with Crippen molar-refractivity contribution in [2.45, 2.75) is 24.3 Å². The van der Waals surface area contributed by atoms with Crippen LogP contribution in [0.2, 0.25) is 0 Å². The molecule has 0 radical (unpaired) electrons. The van der Waals surface area contributed by atoms with Crippen molar-refractivity contribution in [1.82, 2.24) is 4.31 Å². The second kappa shape index (κ2) is 8.83. The van der Waals surface area contributed by atoms with Crippen molar-refractivity contribution in [3.8, 4) is 11.1 Å². The van der Waals surface area contributed by atoms with E-state index < -0.39 is 27.9 Å². The molecule has 3 aromatic carbocycles. The highest BCUT2D eigenvalue weighted by molar-refractivity contribution is 7.85. The zero-order valence-corrected chi connectivity index (χ0v) is 19.5. The second-order valence-corrected chi connectivity index (χ2v) is 10.1. The van der Waals surface area contributed by atoms with E-state index in [2.05, 4.69) is 0 Å². The summed E-state index contributed by atoms with van der Waals surface area (Å²) in [6, 6.07) is 24.0. The van der Waals surface area contributed by atoms with Crippen LogP contribution in [-0.4, -0.2) is 48.6 Å². The van der Waals surface area contributed by atoms with Crippen molar-refractivity contribution in [1.29, 1.82) is 0 Å². The first kappa shape index (κ1) is 23.1. The molecule has 0 bridgehead atoms. The van der Waals surface area contributed by atoms with Gasteiger partial charge in [0.05, 0.1) is 6.61 Å². The Balaban J connectivity index is 1.46. The molecule has 35 heavy (non-hydrogen) atoms. The normalized spacial score (nSPS) is 20.6. The molecule has 5 rings (SSSR count). The number of benzene rings is 3. The molecule has 1 N–H and O–H groups in total. The minimum absolute atomic E-state index is 0.153. The number of nitrogens with zero attached hydrogens (tertiary/aromatic N) is 1. The smallest absolute Gasteiger partial charge is 0.426 e. The minimum Gasteiger partial charge on any atom is -0.479 e. The number of hydrogen-bond acceptors (Lipinski definition) is 6. The van der Waals surface area contributed by atoms with E-state index in [0.29, 0.717) is 5.56 Å². The van der Waals surface area contributed by atoms with Crippen LogP contribution in [-0.2, 0) is 30.4 Å². The van der Waals surface area contributed by atoms with Crippen LogP contribution in [0.25, 0.3) is 11.1 Å². The summed E-state index contributed by atoms with van der Waals surface area (Å²) in [7, 11) is -4.68. The number of hydrogen-bond donors (Lipinski definition) is 1. The average molecular weight is 494 g/mol. The molecule has 9 heteroatoms. The maximum absolute atomic E-state index is 13.3. The summed E-state index contributed by atoms with van der Waals surface area (Å²) in [5.74, 6) is -1.75. The summed E-state index contributed by atoms with van der Waals surface area (Å²) in [5, 5.41) is 10.2. The van der Waals surface area contributed by atoms with Gasteiger partial charge < -0.3 is 9.84 Å². The molecule has 0 aromatic heterocycles. The van der Waals surface area contributed by atoms with Crippen molar-refractivity contribution in [2.75, 3.05) is 13.2 Å². The molecule has 1 unspecified atom stereocenters. The van der Waals surface area contributed by atoms with Gasteiger partial charge in [-0.25, -0.2) is 9.59 Å². The van der Waals surface area contributed by atoms with Crippen LogP contribution in [0.4, 0.5) is 4.79 Å². The largest absolute Gasteiger partial charge is 0.479 e. The summed E-state index contributed by atoms with van der Waals surface area (Å²) in [4.78, 5) is 25.8. The molecule has 1 saturated heterocycles. The molecular weight excluding hydrogens is 470 g/mol. The van der Waals surface area contributed by atoms with Crippen LogP contribution in [0, 0.1) is 0 Å². The molecule has 180 valence electrons. The summed E-state index contributed by atoms with van der Waals surface area (Å²) in [6.07, 6.45) is -1.69. The first-order chi connectivity index (χ1) is 16.8. The molecule has 8 nitrogen and oxygen atoms in total. The van der Waals surface area contributed by atoms with Crippen LogP contribution >= 0.6 is 0 Å². The topological polar surface area (TPSA) is 110 Å². The number of carboxylic acids is 1. The predicted molar refractivity (Wildman–Crippen MR) is 127 cm³/mol. The van der Waals surface area contributed by atoms with Crippen molar-refractivity contribution in [3.05, 3.63) is 95.6 Å². The van der Waals surface area contributed by atoms with E-state index in [1.165, 1.54) is 0 Å². The number of ether oxygens (including phenoxy) is 1. The Kier molecular flexibility index (Phi) is 5.82. The van der Waals surface area contributed by atoms with Gasteiger partial charge in [-0.3, -0.25) is 4.18 Å². The van der Waals surface area contributed by atoms with E-state index in [0.717, 1.165) is 22.3 Å². The van der Waals surface area contributed by atoms with E-state index in [4.69, 9.17) is 8.92 Å².